The van der Waals surface area contributed by atoms with Crippen LogP contribution in [0, 0.1) is 5.41 Å². The van der Waals surface area contributed by atoms with E-state index in [9.17, 15) is 14.7 Å². The Morgan fingerprint density at radius 3 is 2.42 bits per heavy atom. The van der Waals surface area contributed by atoms with Gasteiger partial charge in [0.2, 0.25) is 5.91 Å². The third-order valence-electron chi connectivity index (χ3n) is 3.38. The van der Waals surface area contributed by atoms with E-state index in [2.05, 4.69) is 47.5 Å². The summed E-state index contributed by atoms with van der Waals surface area (Å²) in [7, 11) is 0. The van der Waals surface area contributed by atoms with Crippen molar-refractivity contribution in [2.24, 2.45) is 5.41 Å². The Kier molecular flexibility index (Phi) is 9.27. The van der Waals surface area contributed by atoms with E-state index < -0.39 is 17.4 Å². The molecule has 0 fully saturated rings. The number of hydrogen-bond donors (Lipinski definition) is 3. The van der Waals surface area contributed by atoms with Gasteiger partial charge in [-0.05, 0) is 11.6 Å². The maximum atomic E-state index is 12.0. The number of aliphatic carboxylic acids is 1. The van der Waals surface area contributed by atoms with Crippen LogP contribution in [0.2, 0.25) is 0 Å². The number of rotatable bonds is 4. The molecule has 1 aromatic heterocycles. The number of halogens is 3. The van der Waals surface area contributed by atoms with Crippen molar-refractivity contribution >= 4 is 60.0 Å². The van der Waals surface area contributed by atoms with Gasteiger partial charge in [0.25, 0.3) is 0 Å². The molecule has 1 amide bonds. The Hall–Kier alpha value is -0.110. The number of hydrogen-bond acceptors (Lipinski definition) is 2. The van der Waals surface area contributed by atoms with E-state index in [0.29, 0.717) is 13.3 Å². The van der Waals surface area contributed by atoms with Crippen LogP contribution in [0.5, 0.6) is 0 Å². The Morgan fingerprint density at radius 2 is 1.88 bits per heavy atom. The van der Waals surface area contributed by atoms with E-state index in [1.54, 1.807) is 27.0 Å². The summed E-state index contributed by atoms with van der Waals surface area (Å²) in [6.45, 7) is 5.27. The van der Waals surface area contributed by atoms with E-state index in [0.717, 1.165) is 16.5 Å². The van der Waals surface area contributed by atoms with Crippen molar-refractivity contribution in [1.29, 1.82) is 0 Å². The molecule has 0 radical (unpaired) electrons. The van der Waals surface area contributed by atoms with Crippen molar-refractivity contribution in [2.75, 3.05) is 0 Å². The van der Waals surface area contributed by atoms with Crippen molar-refractivity contribution in [2.45, 2.75) is 33.2 Å². The normalized spacial score (nSPS) is 12.4. The van der Waals surface area contributed by atoms with Gasteiger partial charge in [-0.1, -0.05) is 39.0 Å². The molecule has 2 rings (SSSR count). The van der Waals surface area contributed by atoms with Crippen molar-refractivity contribution in [1.82, 2.24) is 10.3 Å². The second-order valence-corrected chi connectivity index (χ2v) is 22.5. The molecule has 0 saturated carbocycles. The number of amides is 1. The molecule has 8 heteroatoms. The van der Waals surface area contributed by atoms with Gasteiger partial charge < -0.3 is 15.4 Å². The molecule has 0 unspecified atom stereocenters. The Balaban J connectivity index is 0.000000891. The molecule has 1 atom stereocenters. The molecule has 1 heterocycles. The molecule has 0 spiro atoms. The molecule has 1 aromatic carbocycles. The van der Waals surface area contributed by atoms with Gasteiger partial charge in [0.05, 0.1) is 0 Å². The number of carbonyl (C=O) groups is 2. The van der Waals surface area contributed by atoms with Crippen LogP contribution in [-0.2, 0) is 16.0 Å². The van der Waals surface area contributed by atoms with E-state index in [4.69, 9.17) is 0 Å². The summed E-state index contributed by atoms with van der Waals surface area (Å²) in [5.41, 5.74) is 1.22. The molecule has 0 aliphatic heterocycles. The predicted molar refractivity (Wildman–Crippen MR) is 109 cm³/mol. The predicted octanol–water partition coefficient (Wildman–Crippen LogP) is 1.10. The zero-order valence-corrected chi connectivity index (χ0v) is 20.0. The van der Waals surface area contributed by atoms with Gasteiger partial charge in [0, 0.05) is 28.9 Å². The molecule has 0 aliphatic rings. The monoisotopic (exact) mass is 669 g/mol. The molecule has 3 N–H and O–H groups in total. The zero-order valence-electron chi connectivity index (χ0n) is 13.6. The van der Waals surface area contributed by atoms with Crippen LogP contribution >= 0.6 is 37.2 Å². The third kappa shape index (κ3) is 6.65. The first kappa shape index (κ1) is 21.9. The van der Waals surface area contributed by atoms with E-state index >= 15 is 0 Å². The van der Waals surface area contributed by atoms with Gasteiger partial charge in [-0.15, -0.1) is 0 Å². The summed E-state index contributed by atoms with van der Waals surface area (Å²) in [6, 6.07) is 6.76. The van der Waals surface area contributed by atoms with Gasteiger partial charge in [0.1, 0.15) is 6.04 Å². The van der Waals surface area contributed by atoms with Crippen LogP contribution in [-0.4, -0.2) is 28.0 Å². The fourth-order valence-corrected chi connectivity index (χ4v) is 2.10. The Bertz CT molecular complexity index is 695. The minimum absolute atomic E-state index is 0.251. The number of carboxylic acids is 1. The van der Waals surface area contributed by atoms with E-state index in [1.807, 2.05) is 24.3 Å². The molecule has 0 bridgehead atoms. The summed E-state index contributed by atoms with van der Waals surface area (Å²) in [5.74, 6) is -1.30. The molecule has 2 aromatic rings. The second-order valence-electron chi connectivity index (χ2n) is 6.23. The minimum atomic E-state index is -1.03. The average molecular weight is 669 g/mol. The number of nitrogens with one attached hydrogen (secondary N) is 2. The fourth-order valence-electron chi connectivity index (χ4n) is 2.10. The van der Waals surface area contributed by atoms with E-state index in [-0.39, 0.29) is 12.3 Å². The standard InChI is InChI=1S/C16H20N2O3.I3/c1-16(2,3)15(21)18-13(14(19)20)8-10-9-17-12-7-5-4-6-11(10)12;1-3-2/h4-7,9,13,17H,8H2,1-3H3,(H,18,21)(H,19,20);/q;-1/t13-;/m1./s1. The molecule has 0 saturated heterocycles. The zero-order chi connectivity index (χ0) is 18.3. The number of aromatic nitrogens is 1. The topological polar surface area (TPSA) is 82.2 Å². The van der Waals surface area contributed by atoms with Crippen molar-refractivity contribution in [3.63, 3.8) is 0 Å². The SMILES string of the molecule is CC(C)(C)C(=O)N[C@H](Cc1c[nH]c2ccccc12)C(=O)O.I[I-]I. The van der Waals surface area contributed by atoms with Crippen LogP contribution in [0.25, 0.3) is 10.9 Å². The van der Waals surface area contributed by atoms with Crippen molar-refractivity contribution < 1.29 is 28.0 Å². The summed E-state index contributed by atoms with van der Waals surface area (Å²) in [4.78, 5) is 26.5. The number of benzene rings is 1. The molecular formula is C16H20I3N2O3-. The number of fused-ring (bicyclic) bond motifs is 1. The number of para-hydroxylation sites is 1. The van der Waals surface area contributed by atoms with Crippen molar-refractivity contribution in [3.8, 4) is 0 Å². The molecular weight excluding hydrogens is 649 g/mol. The number of aromatic amines is 1. The Labute approximate surface area is 171 Å². The quantitative estimate of drug-likeness (QED) is 0.428. The van der Waals surface area contributed by atoms with Gasteiger partial charge in [-0.25, -0.2) is 4.79 Å². The third-order valence-corrected chi connectivity index (χ3v) is 3.38. The second kappa shape index (κ2) is 10.1. The Morgan fingerprint density at radius 1 is 1.29 bits per heavy atom. The van der Waals surface area contributed by atoms with Crippen LogP contribution < -0.4 is 18.6 Å². The first-order valence-electron chi connectivity index (χ1n) is 7.16. The number of carbonyl (C=O) groups excluding carboxylic acids is 1. The summed E-state index contributed by atoms with van der Waals surface area (Å²) >= 11 is 5.30. The molecule has 24 heavy (non-hydrogen) atoms. The van der Waals surface area contributed by atoms with Crippen LogP contribution in [0.1, 0.15) is 26.3 Å². The number of H-pyrrole nitrogens is 1. The van der Waals surface area contributed by atoms with Gasteiger partial charge in [-0.2, -0.15) is 0 Å². The summed E-state index contributed by atoms with van der Waals surface area (Å²) in [6.07, 6.45) is 2.05. The summed E-state index contributed by atoms with van der Waals surface area (Å²) in [5, 5.41) is 12.9. The summed E-state index contributed by atoms with van der Waals surface area (Å²) < 4.78 is 0. The van der Waals surface area contributed by atoms with Gasteiger partial charge in [-0.3, -0.25) is 4.79 Å². The average Bonchev–Trinajstić information content (AvgIpc) is 2.89. The maximum absolute atomic E-state index is 12.0. The van der Waals surface area contributed by atoms with Gasteiger partial charge >= 0.3 is 56.5 Å². The van der Waals surface area contributed by atoms with Gasteiger partial charge in [0.15, 0.2) is 0 Å². The first-order chi connectivity index (χ1) is 11.2. The molecule has 0 aliphatic carbocycles. The van der Waals surface area contributed by atoms with Crippen LogP contribution in [0.15, 0.2) is 30.5 Å². The molecule has 5 nitrogen and oxygen atoms in total. The van der Waals surface area contributed by atoms with E-state index in [1.165, 1.54) is 0 Å². The fraction of sp³-hybridized carbons (Fsp3) is 0.375. The van der Waals surface area contributed by atoms with Crippen LogP contribution in [0.4, 0.5) is 0 Å². The molecule has 134 valence electrons. The first-order valence-corrected chi connectivity index (χ1v) is 19.7. The van der Waals surface area contributed by atoms with Crippen molar-refractivity contribution in [3.05, 3.63) is 36.0 Å². The van der Waals surface area contributed by atoms with Crippen LogP contribution in [0.3, 0.4) is 0 Å². The number of carboxylic acid groups (broad SMARTS) is 1.